The molecule has 2 rings (SSSR count). The van der Waals surface area contributed by atoms with Gasteiger partial charge in [0, 0.05) is 11.1 Å². The van der Waals surface area contributed by atoms with Crippen LogP contribution in [-0.4, -0.2) is 16.4 Å². The summed E-state index contributed by atoms with van der Waals surface area (Å²) < 4.78 is 1.07. The van der Waals surface area contributed by atoms with E-state index < -0.39 is 5.54 Å². The zero-order chi connectivity index (χ0) is 15.1. The van der Waals surface area contributed by atoms with Gasteiger partial charge in [-0.15, -0.1) is 11.3 Å². The zero-order valence-electron chi connectivity index (χ0n) is 12.6. The highest BCUT2D eigenvalue weighted by atomic mass is 32.1. The summed E-state index contributed by atoms with van der Waals surface area (Å²) in [4.78, 5) is 16.5. The summed E-state index contributed by atoms with van der Waals surface area (Å²) in [7, 11) is 0. The Morgan fingerprint density at radius 1 is 1.25 bits per heavy atom. The minimum atomic E-state index is -0.890. The van der Waals surface area contributed by atoms with Gasteiger partial charge in [0.15, 0.2) is 0 Å². The van der Waals surface area contributed by atoms with Gasteiger partial charge in [-0.2, -0.15) is 0 Å². The van der Waals surface area contributed by atoms with E-state index in [9.17, 15) is 4.79 Å². The predicted octanol–water partition coefficient (Wildman–Crippen LogP) is 3.27. The van der Waals surface area contributed by atoms with E-state index in [1.54, 1.807) is 25.2 Å². The van der Waals surface area contributed by atoms with Crippen LogP contribution < -0.4 is 11.1 Å². The number of hydrogen-bond acceptors (Lipinski definition) is 4. The first kappa shape index (κ1) is 14.9. The van der Waals surface area contributed by atoms with E-state index in [2.05, 4.69) is 31.1 Å². The van der Waals surface area contributed by atoms with E-state index in [1.165, 1.54) is 0 Å². The van der Waals surface area contributed by atoms with Crippen molar-refractivity contribution in [3.8, 4) is 0 Å². The van der Waals surface area contributed by atoms with Gasteiger partial charge in [-0.05, 0) is 32.0 Å². The van der Waals surface area contributed by atoms with Crippen LogP contribution in [0.2, 0.25) is 0 Å². The van der Waals surface area contributed by atoms with Gasteiger partial charge < -0.3 is 11.1 Å². The van der Waals surface area contributed by atoms with Crippen LogP contribution in [0.1, 0.15) is 39.6 Å². The number of benzene rings is 1. The van der Waals surface area contributed by atoms with E-state index >= 15 is 0 Å². The summed E-state index contributed by atoms with van der Waals surface area (Å²) in [5.74, 6) is -0.197. The van der Waals surface area contributed by atoms with Crippen molar-refractivity contribution < 1.29 is 4.79 Å². The number of anilines is 1. The van der Waals surface area contributed by atoms with Crippen molar-refractivity contribution in [2.75, 3.05) is 5.32 Å². The van der Waals surface area contributed by atoms with Crippen molar-refractivity contribution in [1.29, 1.82) is 0 Å². The maximum atomic E-state index is 11.9. The third-order valence-corrected chi connectivity index (χ3v) is 4.32. The maximum absolute atomic E-state index is 11.9. The van der Waals surface area contributed by atoms with Crippen LogP contribution in [0.15, 0.2) is 18.2 Å². The molecule has 0 atom stereocenters. The second kappa shape index (κ2) is 4.82. The smallest absolute Gasteiger partial charge is 0.243 e. The summed E-state index contributed by atoms with van der Waals surface area (Å²) in [6.07, 6.45) is 0. The van der Waals surface area contributed by atoms with Crippen molar-refractivity contribution >= 4 is 33.1 Å². The molecule has 4 nitrogen and oxygen atoms in total. The van der Waals surface area contributed by atoms with E-state index in [0.717, 1.165) is 20.9 Å². The lowest BCUT2D eigenvalue weighted by atomic mass is 9.98. The molecule has 1 aromatic heterocycles. The fourth-order valence-corrected chi connectivity index (χ4v) is 2.68. The average molecular weight is 291 g/mol. The Morgan fingerprint density at radius 2 is 1.90 bits per heavy atom. The van der Waals surface area contributed by atoms with E-state index in [1.807, 2.05) is 18.2 Å². The van der Waals surface area contributed by atoms with Gasteiger partial charge in [0.25, 0.3) is 0 Å². The van der Waals surface area contributed by atoms with Gasteiger partial charge in [0.1, 0.15) is 0 Å². The number of carbonyl (C=O) groups is 1. The van der Waals surface area contributed by atoms with Crippen LogP contribution in [0.25, 0.3) is 10.2 Å². The molecule has 0 radical (unpaired) electrons. The van der Waals surface area contributed by atoms with Gasteiger partial charge in [0.2, 0.25) is 5.91 Å². The lowest BCUT2D eigenvalue weighted by molar-refractivity contribution is -0.120. The highest BCUT2D eigenvalue weighted by Crippen LogP contribution is 2.32. The van der Waals surface area contributed by atoms with Gasteiger partial charge in [0.05, 0.1) is 20.8 Å². The molecule has 0 aliphatic carbocycles. The van der Waals surface area contributed by atoms with Crippen molar-refractivity contribution in [1.82, 2.24) is 4.98 Å². The van der Waals surface area contributed by atoms with E-state index in [4.69, 9.17) is 5.73 Å². The molecule has 1 aromatic carbocycles. The summed E-state index contributed by atoms with van der Waals surface area (Å²) in [6.45, 7) is 9.80. The molecule has 5 heteroatoms. The molecular formula is C15H21N3OS. The molecule has 0 aliphatic rings. The van der Waals surface area contributed by atoms with Crippen molar-refractivity contribution in [2.24, 2.45) is 5.73 Å². The molecular weight excluding hydrogens is 270 g/mol. The van der Waals surface area contributed by atoms with Crippen molar-refractivity contribution in [3.05, 3.63) is 23.2 Å². The molecule has 3 N–H and O–H groups in total. The SMILES string of the molecule is CC(C)(N)C(=O)Nc1ccc2nc(C(C)(C)C)sc2c1. The number of nitrogens with two attached hydrogens (primary N) is 1. The second-order valence-corrected chi connectivity index (χ2v) is 7.66. The van der Waals surface area contributed by atoms with Crippen LogP contribution in [-0.2, 0) is 10.2 Å². The maximum Gasteiger partial charge on any atom is 0.243 e. The number of rotatable bonds is 2. The Labute approximate surface area is 123 Å². The van der Waals surface area contributed by atoms with Crippen LogP contribution >= 0.6 is 11.3 Å². The molecule has 0 aliphatic heterocycles. The van der Waals surface area contributed by atoms with Gasteiger partial charge >= 0.3 is 0 Å². The minimum Gasteiger partial charge on any atom is -0.324 e. The van der Waals surface area contributed by atoms with E-state index in [-0.39, 0.29) is 11.3 Å². The predicted molar refractivity (Wildman–Crippen MR) is 85.2 cm³/mol. The fraction of sp³-hybridized carbons (Fsp3) is 0.467. The lowest BCUT2D eigenvalue weighted by Crippen LogP contribution is -2.45. The number of aromatic nitrogens is 1. The molecule has 0 saturated carbocycles. The molecule has 0 spiro atoms. The highest BCUT2D eigenvalue weighted by Gasteiger charge is 2.22. The highest BCUT2D eigenvalue weighted by molar-refractivity contribution is 7.18. The summed E-state index contributed by atoms with van der Waals surface area (Å²) >= 11 is 1.66. The lowest BCUT2D eigenvalue weighted by Gasteiger charge is -2.17. The average Bonchev–Trinajstić information content (AvgIpc) is 2.70. The van der Waals surface area contributed by atoms with Crippen LogP contribution in [0.3, 0.4) is 0 Å². The number of thiazole rings is 1. The molecule has 1 heterocycles. The second-order valence-electron chi connectivity index (χ2n) is 6.63. The van der Waals surface area contributed by atoms with Gasteiger partial charge in [-0.1, -0.05) is 20.8 Å². The first-order chi connectivity index (χ1) is 9.07. The molecule has 0 saturated heterocycles. The molecule has 2 aromatic rings. The Morgan fingerprint density at radius 3 is 2.45 bits per heavy atom. The standard InChI is InChI=1S/C15H21N3OS/c1-14(2,3)13-18-10-7-6-9(8-11(10)20-13)17-12(19)15(4,5)16/h6-8H,16H2,1-5H3,(H,17,19). The summed E-state index contributed by atoms with van der Waals surface area (Å²) in [5.41, 5.74) is 6.64. The Kier molecular flexibility index (Phi) is 3.60. The number of carbonyl (C=O) groups excluding carboxylic acids is 1. The molecule has 108 valence electrons. The molecule has 0 bridgehead atoms. The third kappa shape index (κ3) is 3.16. The molecule has 20 heavy (non-hydrogen) atoms. The molecule has 0 unspecified atom stereocenters. The third-order valence-electron chi connectivity index (χ3n) is 2.87. The normalized spacial score (nSPS) is 12.7. The number of nitrogens with zero attached hydrogens (tertiary/aromatic N) is 1. The number of hydrogen-bond donors (Lipinski definition) is 2. The first-order valence-electron chi connectivity index (χ1n) is 6.59. The van der Waals surface area contributed by atoms with Crippen LogP contribution in [0, 0.1) is 0 Å². The summed E-state index contributed by atoms with van der Waals surface area (Å²) in [6, 6.07) is 5.74. The van der Waals surface area contributed by atoms with E-state index in [0.29, 0.717) is 0 Å². The largest absolute Gasteiger partial charge is 0.324 e. The van der Waals surface area contributed by atoms with Crippen LogP contribution in [0.5, 0.6) is 0 Å². The molecule has 0 fully saturated rings. The number of nitrogens with one attached hydrogen (secondary N) is 1. The van der Waals surface area contributed by atoms with Gasteiger partial charge in [-0.25, -0.2) is 4.98 Å². The quantitative estimate of drug-likeness (QED) is 0.892. The minimum absolute atomic E-state index is 0.0341. The Bertz CT molecular complexity index is 647. The zero-order valence-corrected chi connectivity index (χ0v) is 13.4. The van der Waals surface area contributed by atoms with Crippen molar-refractivity contribution in [2.45, 2.75) is 45.6 Å². The topological polar surface area (TPSA) is 68.0 Å². The Hall–Kier alpha value is -1.46. The first-order valence-corrected chi connectivity index (χ1v) is 7.40. The van der Waals surface area contributed by atoms with Gasteiger partial charge in [-0.3, -0.25) is 4.79 Å². The molecule has 1 amide bonds. The van der Waals surface area contributed by atoms with Crippen molar-refractivity contribution in [3.63, 3.8) is 0 Å². The Balaban J connectivity index is 2.32. The monoisotopic (exact) mass is 291 g/mol. The summed E-state index contributed by atoms with van der Waals surface area (Å²) in [5, 5.41) is 3.93. The number of fused-ring (bicyclic) bond motifs is 1. The van der Waals surface area contributed by atoms with Crippen LogP contribution in [0.4, 0.5) is 5.69 Å². The number of amides is 1. The fourth-order valence-electron chi connectivity index (χ4n) is 1.62.